The quantitative estimate of drug-likeness (QED) is 0.292. The second-order valence-corrected chi connectivity index (χ2v) is 10.2. The van der Waals surface area contributed by atoms with Gasteiger partial charge in [-0.05, 0) is 83.6 Å². The largest absolute Gasteiger partial charge is 0.347 e. The lowest BCUT2D eigenvalue weighted by Crippen LogP contribution is -2.30. The van der Waals surface area contributed by atoms with Crippen LogP contribution in [0.15, 0.2) is 103 Å². The highest BCUT2D eigenvalue weighted by atomic mass is 16.2. The molecule has 0 saturated carbocycles. The van der Waals surface area contributed by atoms with Gasteiger partial charge in [-0.3, -0.25) is 14.6 Å². The third-order valence-electron chi connectivity index (χ3n) is 7.56. The molecule has 3 heterocycles. The van der Waals surface area contributed by atoms with Gasteiger partial charge in [-0.2, -0.15) is 0 Å². The predicted octanol–water partition coefficient (Wildman–Crippen LogP) is 6.31. The summed E-state index contributed by atoms with van der Waals surface area (Å²) in [5, 5.41) is 3.00. The van der Waals surface area contributed by atoms with E-state index in [0.717, 1.165) is 33.6 Å². The number of anilines is 1. The lowest BCUT2D eigenvalue weighted by molar-refractivity contribution is 0.0941. The Morgan fingerprint density at radius 1 is 0.825 bits per heavy atom. The number of aryl methyl sites for hydroxylation is 2. The molecule has 0 atom stereocenters. The molecule has 6 rings (SSSR count). The second kappa shape index (κ2) is 10.7. The molecule has 1 aliphatic rings. The normalized spacial score (nSPS) is 12.3. The topological polar surface area (TPSA) is 67.2 Å². The molecule has 0 radical (unpaired) electrons. The zero-order valence-electron chi connectivity index (χ0n) is 22.6. The van der Waals surface area contributed by atoms with Gasteiger partial charge < -0.3 is 14.8 Å². The van der Waals surface area contributed by atoms with Crippen LogP contribution >= 0.6 is 0 Å². The minimum Gasteiger partial charge on any atom is -0.347 e. The van der Waals surface area contributed by atoms with E-state index in [0.29, 0.717) is 30.9 Å². The standard InChI is InChI=1S/C34H30N4O2/c1-23-8-3-5-11-29(23)30-15-13-26(18-24(30)2)34(40)38-22-28-14-16-32(33(39)36-20-25-9-7-17-35-19-25)37(28)21-27-10-4-6-12-31(27)38/h3-19H,20-22H2,1-2H3,(H,36,39). The molecule has 0 spiro atoms. The van der Waals surface area contributed by atoms with Crippen molar-refractivity contribution in [3.8, 4) is 11.1 Å². The van der Waals surface area contributed by atoms with Crippen molar-refractivity contribution in [1.82, 2.24) is 14.9 Å². The van der Waals surface area contributed by atoms with E-state index in [-0.39, 0.29) is 11.8 Å². The van der Waals surface area contributed by atoms with Crippen molar-refractivity contribution in [2.75, 3.05) is 4.90 Å². The highest BCUT2D eigenvalue weighted by molar-refractivity contribution is 6.07. The van der Waals surface area contributed by atoms with E-state index in [2.05, 4.69) is 36.3 Å². The molecule has 3 aromatic carbocycles. The van der Waals surface area contributed by atoms with Gasteiger partial charge in [0, 0.05) is 35.9 Å². The maximum absolute atomic E-state index is 14.0. The van der Waals surface area contributed by atoms with Crippen LogP contribution in [0.3, 0.4) is 0 Å². The number of carbonyl (C=O) groups excluding carboxylic acids is 2. The van der Waals surface area contributed by atoms with E-state index in [1.807, 2.05) is 88.3 Å². The second-order valence-electron chi connectivity index (χ2n) is 10.2. The fourth-order valence-corrected chi connectivity index (χ4v) is 5.44. The smallest absolute Gasteiger partial charge is 0.268 e. The summed E-state index contributed by atoms with van der Waals surface area (Å²) in [5.74, 6) is -0.223. The molecule has 1 N–H and O–H groups in total. The molecule has 5 aromatic rings. The molecule has 0 fully saturated rings. The number of para-hydroxylation sites is 1. The van der Waals surface area contributed by atoms with E-state index in [1.54, 1.807) is 12.4 Å². The third kappa shape index (κ3) is 4.80. The minimum absolute atomic E-state index is 0.0656. The summed E-state index contributed by atoms with van der Waals surface area (Å²) < 4.78 is 2.01. The first-order chi connectivity index (χ1) is 19.5. The van der Waals surface area contributed by atoms with Crippen LogP contribution in [0, 0.1) is 13.8 Å². The summed E-state index contributed by atoms with van der Waals surface area (Å²) in [6.45, 7) is 5.42. The van der Waals surface area contributed by atoms with Gasteiger partial charge in [0.25, 0.3) is 11.8 Å². The monoisotopic (exact) mass is 526 g/mol. The molecule has 0 saturated heterocycles. The van der Waals surface area contributed by atoms with Gasteiger partial charge in [-0.25, -0.2) is 0 Å². The summed E-state index contributed by atoms with van der Waals surface area (Å²) in [4.78, 5) is 33.2. The van der Waals surface area contributed by atoms with E-state index in [4.69, 9.17) is 0 Å². The van der Waals surface area contributed by atoms with Crippen molar-refractivity contribution in [2.45, 2.75) is 33.5 Å². The Bertz CT molecular complexity index is 1720. The molecule has 0 bridgehead atoms. The number of hydrogen-bond acceptors (Lipinski definition) is 3. The number of hydrogen-bond donors (Lipinski definition) is 1. The average Bonchev–Trinajstić information content (AvgIpc) is 3.29. The van der Waals surface area contributed by atoms with Crippen molar-refractivity contribution >= 4 is 17.5 Å². The zero-order chi connectivity index (χ0) is 27.6. The number of amides is 2. The molecule has 1 aliphatic heterocycles. The van der Waals surface area contributed by atoms with Crippen molar-refractivity contribution in [3.63, 3.8) is 0 Å². The molecule has 6 nitrogen and oxygen atoms in total. The first kappa shape index (κ1) is 25.3. The maximum Gasteiger partial charge on any atom is 0.268 e. The zero-order valence-corrected chi connectivity index (χ0v) is 22.6. The fourth-order valence-electron chi connectivity index (χ4n) is 5.44. The Morgan fingerprint density at radius 3 is 2.42 bits per heavy atom. The summed E-state index contributed by atoms with van der Waals surface area (Å²) in [6.07, 6.45) is 3.45. The highest BCUT2D eigenvalue weighted by Gasteiger charge is 2.27. The Kier molecular flexibility index (Phi) is 6.74. The van der Waals surface area contributed by atoms with Crippen molar-refractivity contribution in [2.24, 2.45) is 0 Å². The van der Waals surface area contributed by atoms with Crippen molar-refractivity contribution < 1.29 is 9.59 Å². The van der Waals surface area contributed by atoms with E-state index < -0.39 is 0 Å². The first-order valence-electron chi connectivity index (χ1n) is 13.4. The number of pyridine rings is 1. The molecule has 40 heavy (non-hydrogen) atoms. The molecule has 2 amide bonds. The molecule has 0 aliphatic carbocycles. The Morgan fingerprint density at radius 2 is 1.62 bits per heavy atom. The summed E-state index contributed by atoms with van der Waals surface area (Å²) >= 11 is 0. The van der Waals surface area contributed by atoms with E-state index in [9.17, 15) is 9.59 Å². The molecule has 0 unspecified atom stereocenters. The summed E-state index contributed by atoms with van der Waals surface area (Å²) in [6, 6.07) is 29.7. The number of aromatic nitrogens is 2. The van der Waals surface area contributed by atoms with Gasteiger partial charge >= 0.3 is 0 Å². The van der Waals surface area contributed by atoms with Gasteiger partial charge in [0.2, 0.25) is 0 Å². The number of fused-ring (bicyclic) bond motifs is 2. The molecule has 198 valence electrons. The van der Waals surface area contributed by atoms with Crippen LogP contribution in [-0.2, 0) is 19.6 Å². The number of benzene rings is 3. The van der Waals surface area contributed by atoms with Gasteiger partial charge in [0.1, 0.15) is 5.69 Å². The molecular weight excluding hydrogens is 496 g/mol. The van der Waals surface area contributed by atoms with Gasteiger partial charge in [0.05, 0.1) is 13.1 Å². The summed E-state index contributed by atoms with van der Waals surface area (Å²) in [7, 11) is 0. The molecule has 2 aromatic heterocycles. The van der Waals surface area contributed by atoms with Crippen LogP contribution in [-0.4, -0.2) is 21.4 Å². The van der Waals surface area contributed by atoms with Crippen LogP contribution in [0.5, 0.6) is 0 Å². The lowest BCUT2D eigenvalue weighted by Gasteiger charge is -2.23. The van der Waals surface area contributed by atoms with Crippen LogP contribution in [0.2, 0.25) is 0 Å². The maximum atomic E-state index is 14.0. The van der Waals surface area contributed by atoms with Gasteiger partial charge in [-0.15, -0.1) is 0 Å². The molecule has 6 heteroatoms. The number of nitrogens with one attached hydrogen (secondary N) is 1. The third-order valence-corrected chi connectivity index (χ3v) is 7.56. The lowest BCUT2D eigenvalue weighted by atomic mass is 9.95. The van der Waals surface area contributed by atoms with Crippen LogP contribution in [0.25, 0.3) is 11.1 Å². The summed E-state index contributed by atoms with van der Waals surface area (Å²) in [5.41, 5.74) is 9.45. The van der Waals surface area contributed by atoms with E-state index in [1.165, 1.54) is 11.1 Å². The van der Waals surface area contributed by atoms with Crippen LogP contribution in [0.1, 0.15) is 48.8 Å². The number of carbonyl (C=O) groups is 2. The number of rotatable bonds is 5. The Hall–Kier alpha value is -4.97. The van der Waals surface area contributed by atoms with Gasteiger partial charge in [0.15, 0.2) is 0 Å². The predicted molar refractivity (Wildman–Crippen MR) is 157 cm³/mol. The highest BCUT2D eigenvalue weighted by Crippen LogP contribution is 2.32. The first-order valence-corrected chi connectivity index (χ1v) is 13.4. The Labute approximate surface area is 233 Å². The van der Waals surface area contributed by atoms with Crippen LogP contribution < -0.4 is 10.2 Å². The minimum atomic E-state index is -0.158. The van der Waals surface area contributed by atoms with Crippen molar-refractivity contribution in [3.05, 3.63) is 143 Å². The average molecular weight is 527 g/mol. The van der Waals surface area contributed by atoms with Gasteiger partial charge in [-0.1, -0.05) is 54.6 Å². The Balaban J connectivity index is 1.30. The van der Waals surface area contributed by atoms with Crippen LogP contribution in [0.4, 0.5) is 5.69 Å². The van der Waals surface area contributed by atoms with E-state index >= 15 is 0 Å². The fraction of sp³-hybridized carbons (Fsp3) is 0.147. The SMILES string of the molecule is Cc1ccccc1-c1ccc(C(=O)N2Cc3ccc(C(=O)NCc4cccnc4)n3Cc3ccccc32)cc1C. The van der Waals surface area contributed by atoms with Crippen molar-refractivity contribution in [1.29, 1.82) is 0 Å². The number of nitrogens with zero attached hydrogens (tertiary/aromatic N) is 3. The molecular formula is C34H30N4O2.